The van der Waals surface area contributed by atoms with Crippen molar-refractivity contribution in [2.45, 2.75) is 0 Å². The van der Waals surface area contributed by atoms with Crippen LogP contribution >= 0.6 is 0 Å². The average Bonchev–Trinajstić information content (AvgIpc) is 2.68. The van der Waals surface area contributed by atoms with Gasteiger partial charge in [-0.25, -0.2) is 4.79 Å². The summed E-state index contributed by atoms with van der Waals surface area (Å²) in [7, 11) is 0. The van der Waals surface area contributed by atoms with E-state index in [4.69, 9.17) is 19.0 Å². The quantitative estimate of drug-likeness (QED) is 0.794. The Labute approximate surface area is 90.2 Å². The normalized spacial score (nSPS) is 14.0. The monoisotopic (exact) mass is 220 g/mol. The maximum Gasteiger partial charge on any atom is 0.371 e. The Kier molecular flexibility index (Phi) is 1.80. The number of benzene rings is 1. The van der Waals surface area contributed by atoms with Gasteiger partial charge in [-0.05, 0) is 12.1 Å². The molecule has 5 nitrogen and oxygen atoms in total. The Morgan fingerprint density at radius 1 is 1.12 bits per heavy atom. The molecule has 0 bridgehead atoms. The van der Waals surface area contributed by atoms with Gasteiger partial charge in [-0.15, -0.1) is 0 Å². The lowest BCUT2D eigenvalue weighted by Gasteiger charge is -2.17. The van der Waals surface area contributed by atoms with Gasteiger partial charge in [-0.1, -0.05) is 0 Å². The second-order valence-corrected chi connectivity index (χ2v) is 3.45. The molecule has 0 unspecified atom stereocenters. The molecule has 1 aliphatic heterocycles. The summed E-state index contributed by atoms with van der Waals surface area (Å²) in [5.74, 6) is 0.0369. The van der Waals surface area contributed by atoms with Crippen molar-refractivity contribution in [2.75, 3.05) is 13.2 Å². The number of ether oxygens (including phenoxy) is 2. The van der Waals surface area contributed by atoms with Crippen LogP contribution in [0.15, 0.2) is 22.6 Å². The number of carboxylic acids is 1. The number of hydrogen-bond acceptors (Lipinski definition) is 4. The first-order chi connectivity index (χ1) is 7.74. The van der Waals surface area contributed by atoms with Crippen LogP contribution in [0.25, 0.3) is 11.0 Å². The topological polar surface area (TPSA) is 68.9 Å². The number of fused-ring (bicyclic) bond motifs is 2. The van der Waals surface area contributed by atoms with E-state index in [9.17, 15) is 4.79 Å². The van der Waals surface area contributed by atoms with E-state index in [0.29, 0.717) is 35.7 Å². The Morgan fingerprint density at radius 2 is 1.81 bits per heavy atom. The molecule has 0 radical (unpaired) electrons. The molecule has 0 aliphatic carbocycles. The van der Waals surface area contributed by atoms with Gasteiger partial charge in [0, 0.05) is 11.5 Å². The van der Waals surface area contributed by atoms with Crippen LogP contribution in [0, 0.1) is 0 Å². The number of furan rings is 1. The minimum atomic E-state index is -1.09. The van der Waals surface area contributed by atoms with Gasteiger partial charge in [0.05, 0.1) is 0 Å². The first kappa shape index (κ1) is 9.08. The average molecular weight is 220 g/mol. The summed E-state index contributed by atoms with van der Waals surface area (Å²) < 4.78 is 15.9. The van der Waals surface area contributed by atoms with E-state index in [-0.39, 0.29) is 5.76 Å². The lowest BCUT2D eigenvalue weighted by Crippen LogP contribution is -2.14. The molecule has 0 saturated heterocycles. The van der Waals surface area contributed by atoms with E-state index >= 15 is 0 Å². The number of carbonyl (C=O) groups is 1. The summed E-state index contributed by atoms with van der Waals surface area (Å²) in [5.41, 5.74) is 0.488. The highest BCUT2D eigenvalue weighted by molar-refractivity contribution is 5.92. The molecule has 2 aromatic rings. The van der Waals surface area contributed by atoms with E-state index in [1.54, 1.807) is 12.1 Å². The number of rotatable bonds is 1. The maximum absolute atomic E-state index is 10.7. The molecule has 2 heterocycles. The highest BCUT2D eigenvalue weighted by Crippen LogP contribution is 2.35. The smallest absolute Gasteiger partial charge is 0.371 e. The summed E-state index contributed by atoms with van der Waals surface area (Å²) in [4.78, 5) is 10.7. The fourth-order valence-corrected chi connectivity index (χ4v) is 1.68. The summed E-state index contributed by atoms with van der Waals surface area (Å²) in [6, 6.07) is 4.84. The molecule has 82 valence electrons. The Hall–Kier alpha value is -2.17. The molecular formula is C11H8O5. The van der Waals surface area contributed by atoms with E-state index in [1.807, 2.05) is 0 Å². The number of hydrogen-bond donors (Lipinski definition) is 1. The van der Waals surface area contributed by atoms with Gasteiger partial charge in [0.25, 0.3) is 0 Å². The molecule has 1 aromatic heterocycles. The van der Waals surface area contributed by atoms with Crippen molar-refractivity contribution < 1.29 is 23.8 Å². The molecule has 0 amide bonds. The van der Waals surface area contributed by atoms with Crippen LogP contribution in [-0.4, -0.2) is 24.3 Å². The SMILES string of the molecule is O=C(O)c1cc2cc3c(cc2o1)OCCO3. The standard InChI is InChI=1S/C11H8O5/c12-11(13)10-4-6-3-8-9(5-7(6)16-10)15-2-1-14-8/h3-5H,1-2H2,(H,12,13). The molecule has 3 rings (SSSR count). The van der Waals surface area contributed by atoms with Gasteiger partial charge < -0.3 is 19.0 Å². The second-order valence-electron chi connectivity index (χ2n) is 3.45. The lowest BCUT2D eigenvalue weighted by molar-refractivity contribution is 0.0665. The molecule has 0 saturated carbocycles. The van der Waals surface area contributed by atoms with Crippen molar-refractivity contribution in [1.29, 1.82) is 0 Å². The van der Waals surface area contributed by atoms with Gasteiger partial charge in [0.1, 0.15) is 18.8 Å². The van der Waals surface area contributed by atoms with Gasteiger partial charge in [-0.3, -0.25) is 0 Å². The van der Waals surface area contributed by atoms with Gasteiger partial charge in [-0.2, -0.15) is 0 Å². The molecule has 0 spiro atoms. The van der Waals surface area contributed by atoms with Crippen LogP contribution in [-0.2, 0) is 0 Å². The van der Waals surface area contributed by atoms with E-state index in [0.717, 1.165) is 0 Å². The fourth-order valence-electron chi connectivity index (χ4n) is 1.68. The van der Waals surface area contributed by atoms with Crippen molar-refractivity contribution in [1.82, 2.24) is 0 Å². The highest BCUT2D eigenvalue weighted by atomic mass is 16.6. The Bertz CT molecular complexity index is 526. The third-order valence-corrected chi connectivity index (χ3v) is 2.39. The third kappa shape index (κ3) is 1.29. The minimum absolute atomic E-state index is 0.0858. The zero-order valence-electron chi connectivity index (χ0n) is 8.23. The predicted octanol–water partition coefficient (Wildman–Crippen LogP) is 1.90. The fraction of sp³-hybridized carbons (Fsp3) is 0.182. The van der Waals surface area contributed by atoms with Crippen molar-refractivity contribution >= 4 is 16.9 Å². The van der Waals surface area contributed by atoms with Crippen LogP contribution in [0.4, 0.5) is 0 Å². The molecule has 5 heteroatoms. The first-order valence-electron chi connectivity index (χ1n) is 4.80. The van der Waals surface area contributed by atoms with Crippen molar-refractivity contribution in [2.24, 2.45) is 0 Å². The highest BCUT2D eigenvalue weighted by Gasteiger charge is 2.17. The molecule has 1 N–H and O–H groups in total. The van der Waals surface area contributed by atoms with Crippen molar-refractivity contribution in [3.8, 4) is 11.5 Å². The first-order valence-corrected chi connectivity index (χ1v) is 4.80. The Balaban J connectivity index is 2.20. The van der Waals surface area contributed by atoms with Crippen LogP contribution in [0.1, 0.15) is 10.6 Å². The second kappa shape index (κ2) is 3.16. The van der Waals surface area contributed by atoms with E-state index in [2.05, 4.69) is 0 Å². The molecule has 0 atom stereocenters. The summed E-state index contributed by atoms with van der Waals surface area (Å²) in [5, 5.41) is 9.49. The molecule has 1 aromatic carbocycles. The van der Waals surface area contributed by atoms with E-state index in [1.165, 1.54) is 6.07 Å². The maximum atomic E-state index is 10.7. The minimum Gasteiger partial charge on any atom is -0.486 e. The van der Waals surface area contributed by atoms with Crippen LogP contribution in [0.2, 0.25) is 0 Å². The summed E-state index contributed by atoms with van der Waals surface area (Å²) in [6.45, 7) is 0.993. The summed E-state index contributed by atoms with van der Waals surface area (Å²) in [6.07, 6.45) is 0. The zero-order valence-corrected chi connectivity index (χ0v) is 8.23. The largest absolute Gasteiger partial charge is 0.486 e. The van der Waals surface area contributed by atoms with Crippen LogP contribution in [0.5, 0.6) is 11.5 Å². The third-order valence-electron chi connectivity index (χ3n) is 2.39. The molecule has 16 heavy (non-hydrogen) atoms. The van der Waals surface area contributed by atoms with Crippen molar-refractivity contribution in [3.63, 3.8) is 0 Å². The number of carboxylic acid groups (broad SMARTS) is 1. The predicted molar refractivity (Wildman–Crippen MR) is 54.2 cm³/mol. The number of aromatic carboxylic acids is 1. The van der Waals surface area contributed by atoms with Crippen LogP contribution < -0.4 is 9.47 Å². The lowest BCUT2D eigenvalue weighted by atomic mass is 10.2. The van der Waals surface area contributed by atoms with Crippen LogP contribution in [0.3, 0.4) is 0 Å². The van der Waals surface area contributed by atoms with Crippen molar-refractivity contribution in [3.05, 3.63) is 24.0 Å². The van der Waals surface area contributed by atoms with Gasteiger partial charge in [0.2, 0.25) is 5.76 Å². The molecular weight excluding hydrogens is 212 g/mol. The summed E-state index contributed by atoms with van der Waals surface area (Å²) >= 11 is 0. The van der Waals surface area contributed by atoms with E-state index < -0.39 is 5.97 Å². The Morgan fingerprint density at radius 3 is 2.50 bits per heavy atom. The van der Waals surface area contributed by atoms with Gasteiger partial charge in [0.15, 0.2) is 11.5 Å². The van der Waals surface area contributed by atoms with Gasteiger partial charge >= 0.3 is 5.97 Å². The zero-order chi connectivity index (χ0) is 11.1. The molecule has 0 fully saturated rings. The molecule has 1 aliphatic rings.